The zero-order valence-electron chi connectivity index (χ0n) is 7.86. The van der Waals surface area contributed by atoms with E-state index < -0.39 is 5.97 Å². The molecule has 0 spiro atoms. The predicted molar refractivity (Wildman–Crippen MR) is 51.0 cm³/mol. The van der Waals surface area contributed by atoms with Gasteiger partial charge in [-0.15, -0.1) is 0 Å². The van der Waals surface area contributed by atoms with Crippen molar-refractivity contribution in [2.75, 3.05) is 26.7 Å². The van der Waals surface area contributed by atoms with Crippen LogP contribution in [-0.2, 0) is 4.79 Å². The topological polar surface area (TPSA) is 52.6 Å². The van der Waals surface area contributed by atoms with E-state index in [2.05, 4.69) is 5.32 Å². The van der Waals surface area contributed by atoms with Crippen LogP contribution in [0, 0.1) is 0 Å². The molecule has 0 bridgehead atoms. The van der Waals surface area contributed by atoms with Crippen molar-refractivity contribution in [2.45, 2.75) is 18.3 Å². The van der Waals surface area contributed by atoms with Gasteiger partial charge in [0.25, 0.3) is 0 Å². The maximum absolute atomic E-state index is 10.8. The molecule has 72 valence electrons. The molecule has 0 aromatic heterocycles. The quantitative estimate of drug-likeness (QED) is 0.565. The molecule has 1 aliphatic rings. The highest BCUT2D eigenvalue weighted by Crippen LogP contribution is 2.24. The van der Waals surface area contributed by atoms with E-state index in [1.807, 2.05) is 11.9 Å². The molecule has 1 saturated heterocycles. The minimum absolute atomic E-state index is 0.0120. The van der Waals surface area contributed by atoms with E-state index in [0.29, 0.717) is 13.0 Å². The first kappa shape index (κ1) is 10.5. The van der Waals surface area contributed by atoms with Gasteiger partial charge in [0.05, 0.1) is 7.85 Å². The third kappa shape index (κ3) is 2.71. The Hall–Kier alpha value is -0.545. The highest BCUT2D eigenvalue weighted by Gasteiger charge is 2.33. The lowest BCUT2D eigenvalue weighted by atomic mass is 9.86. The number of likely N-dealkylation sites (N-methyl/N-ethyl adjacent to an activating group) is 1. The van der Waals surface area contributed by atoms with Crippen LogP contribution in [-0.4, -0.2) is 56.5 Å². The molecule has 13 heavy (non-hydrogen) atoms. The van der Waals surface area contributed by atoms with Crippen molar-refractivity contribution >= 4 is 13.8 Å². The summed E-state index contributed by atoms with van der Waals surface area (Å²) in [5.41, 5.74) is 0. The highest BCUT2D eigenvalue weighted by atomic mass is 16.4. The van der Waals surface area contributed by atoms with Gasteiger partial charge in [-0.2, -0.15) is 0 Å². The van der Waals surface area contributed by atoms with Crippen LogP contribution in [0.2, 0.25) is 5.82 Å². The Kier molecular flexibility index (Phi) is 3.75. The molecule has 2 N–H and O–H groups in total. The number of carbonyl (C=O) groups is 1. The molecule has 2 unspecified atom stereocenters. The maximum atomic E-state index is 10.8. The van der Waals surface area contributed by atoms with E-state index in [9.17, 15) is 4.79 Å². The van der Waals surface area contributed by atoms with Gasteiger partial charge in [0.15, 0.2) is 0 Å². The fourth-order valence-electron chi connectivity index (χ4n) is 1.70. The van der Waals surface area contributed by atoms with Gasteiger partial charge in [0.1, 0.15) is 6.04 Å². The summed E-state index contributed by atoms with van der Waals surface area (Å²) in [7, 11) is 7.55. The second kappa shape index (κ2) is 4.62. The molecule has 1 rings (SSSR count). The second-order valence-corrected chi connectivity index (χ2v) is 3.45. The Labute approximate surface area is 79.7 Å². The smallest absolute Gasteiger partial charge is 0.320 e. The van der Waals surface area contributed by atoms with E-state index in [0.717, 1.165) is 13.1 Å². The first-order valence-corrected chi connectivity index (χ1v) is 4.52. The molecule has 1 fully saturated rings. The Bertz CT molecular complexity index is 189. The van der Waals surface area contributed by atoms with E-state index >= 15 is 0 Å². The SMILES string of the molecule is [B]C1CC(C(=O)O)N(CCNC)C1. The van der Waals surface area contributed by atoms with E-state index in [1.165, 1.54) is 0 Å². The number of carboxylic acids is 1. The fourth-order valence-corrected chi connectivity index (χ4v) is 1.70. The van der Waals surface area contributed by atoms with Gasteiger partial charge < -0.3 is 10.4 Å². The first-order valence-electron chi connectivity index (χ1n) is 4.52. The fraction of sp³-hybridized carbons (Fsp3) is 0.875. The number of hydrogen-bond acceptors (Lipinski definition) is 3. The summed E-state index contributed by atoms with van der Waals surface area (Å²) in [6.07, 6.45) is 0.568. The summed E-state index contributed by atoms with van der Waals surface area (Å²) in [6, 6.07) is -0.386. The van der Waals surface area contributed by atoms with E-state index in [-0.39, 0.29) is 11.9 Å². The van der Waals surface area contributed by atoms with E-state index in [1.54, 1.807) is 0 Å². The maximum Gasteiger partial charge on any atom is 0.320 e. The van der Waals surface area contributed by atoms with Crippen molar-refractivity contribution in [3.63, 3.8) is 0 Å². The average Bonchev–Trinajstić information content (AvgIpc) is 2.43. The zero-order chi connectivity index (χ0) is 9.84. The average molecular weight is 182 g/mol. The van der Waals surface area contributed by atoms with Crippen molar-refractivity contribution in [3.8, 4) is 0 Å². The minimum atomic E-state index is -0.760. The number of aliphatic carboxylic acids is 1. The van der Waals surface area contributed by atoms with Gasteiger partial charge in [-0.1, -0.05) is 5.82 Å². The van der Waals surface area contributed by atoms with Gasteiger partial charge in [-0.25, -0.2) is 0 Å². The third-order valence-corrected chi connectivity index (χ3v) is 2.37. The van der Waals surface area contributed by atoms with Crippen LogP contribution in [0.15, 0.2) is 0 Å². The normalized spacial score (nSPS) is 29.3. The van der Waals surface area contributed by atoms with Crippen molar-refractivity contribution < 1.29 is 9.90 Å². The number of nitrogens with zero attached hydrogens (tertiary/aromatic N) is 1. The Morgan fingerprint density at radius 1 is 1.77 bits per heavy atom. The van der Waals surface area contributed by atoms with Crippen molar-refractivity contribution in [1.82, 2.24) is 10.2 Å². The molecular weight excluding hydrogens is 167 g/mol. The second-order valence-electron chi connectivity index (χ2n) is 3.45. The summed E-state index contributed by atoms with van der Waals surface area (Å²) in [4.78, 5) is 12.7. The predicted octanol–water partition coefficient (Wildman–Crippen LogP) is -0.678. The Morgan fingerprint density at radius 3 is 3.00 bits per heavy atom. The molecular formula is C8H15BN2O2. The number of likely N-dealkylation sites (tertiary alicyclic amines) is 1. The number of rotatable bonds is 4. The molecule has 5 heteroatoms. The molecule has 0 amide bonds. The lowest BCUT2D eigenvalue weighted by Crippen LogP contribution is -2.39. The summed E-state index contributed by atoms with van der Waals surface area (Å²) in [5, 5.41) is 11.9. The van der Waals surface area contributed by atoms with Crippen molar-refractivity contribution in [1.29, 1.82) is 0 Å². The molecule has 0 saturated carbocycles. The van der Waals surface area contributed by atoms with Gasteiger partial charge in [0, 0.05) is 13.1 Å². The molecule has 2 radical (unpaired) electrons. The minimum Gasteiger partial charge on any atom is -0.480 e. The largest absolute Gasteiger partial charge is 0.480 e. The summed E-state index contributed by atoms with van der Waals surface area (Å²) < 4.78 is 0. The van der Waals surface area contributed by atoms with Crippen LogP contribution in [0.5, 0.6) is 0 Å². The first-order chi connectivity index (χ1) is 6.15. The molecule has 2 atom stereocenters. The molecule has 0 aromatic carbocycles. The Morgan fingerprint density at radius 2 is 2.46 bits per heavy atom. The number of nitrogens with one attached hydrogen (secondary N) is 1. The monoisotopic (exact) mass is 182 g/mol. The number of hydrogen-bond donors (Lipinski definition) is 2. The van der Waals surface area contributed by atoms with Crippen molar-refractivity contribution in [2.24, 2.45) is 0 Å². The van der Waals surface area contributed by atoms with Gasteiger partial charge in [-0.05, 0) is 20.0 Å². The molecule has 1 heterocycles. The van der Waals surface area contributed by atoms with Gasteiger partial charge >= 0.3 is 5.97 Å². The van der Waals surface area contributed by atoms with Crippen LogP contribution in [0.25, 0.3) is 0 Å². The molecule has 1 aliphatic heterocycles. The summed E-state index contributed by atoms with van der Waals surface area (Å²) >= 11 is 0. The molecule has 0 aromatic rings. The van der Waals surface area contributed by atoms with Crippen LogP contribution in [0.4, 0.5) is 0 Å². The molecule has 4 nitrogen and oxygen atoms in total. The van der Waals surface area contributed by atoms with E-state index in [4.69, 9.17) is 13.0 Å². The highest BCUT2D eigenvalue weighted by molar-refractivity contribution is 6.12. The summed E-state index contributed by atoms with van der Waals surface area (Å²) in [6.45, 7) is 2.25. The molecule has 0 aliphatic carbocycles. The summed E-state index contributed by atoms with van der Waals surface area (Å²) in [5.74, 6) is -0.748. The number of carboxylic acid groups (broad SMARTS) is 1. The van der Waals surface area contributed by atoms with Gasteiger partial charge in [-0.3, -0.25) is 9.69 Å². The van der Waals surface area contributed by atoms with Gasteiger partial charge in [0.2, 0.25) is 0 Å². The van der Waals surface area contributed by atoms with Crippen LogP contribution in [0.1, 0.15) is 6.42 Å². The van der Waals surface area contributed by atoms with Crippen LogP contribution >= 0.6 is 0 Å². The lowest BCUT2D eigenvalue weighted by Gasteiger charge is -2.20. The third-order valence-electron chi connectivity index (χ3n) is 2.37. The Balaban J connectivity index is 2.45. The van der Waals surface area contributed by atoms with Crippen molar-refractivity contribution in [3.05, 3.63) is 0 Å². The zero-order valence-corrected chi connectivity index (χ0v) is 7.86. The van der Waals surface area contributed by atoms with Crippen LogP contribution < -0.4 is 5.32 Å². The standard InChI is InChI=1S/C8H15BN2O2/c1-10-2-3-11-5-6(9)4-7(11)8(12)13/h6-7,10H,2-5H2,1H3,(H,12,13). The lowest BCUT2D eigenvalue weighted by molar-refractivity contribution is -0.142. The van der Waals surface area contributed by atoms with Crippen LogP contribution in [0.3, 0.4) is 0 Å².